The molecule has 1 aromatic carbocycles. The number of aromatic nitrogens is 3. The number of aliphatic hydroxyl groups is 1. The Kier molecular flexibility index (Phi) is 4.36. The molecular formula is C17H21F3N4O. The molecule has 1 saturated heterocycles. The molecule has 0 bridgehead atoms. The number of piperidine rings is 1. The van der Waals surface area contributed by atoms with Gasteiger partial charge in [0.2, 0.25) is 0 Å². The van der Waals surface area contributed by atoms with Crippen molar-refractivity contribution in [2.24, 2.45) is 7.05 Å². The van der Waals surface area contributed by atoms with Gasteiger partial charge in [-0.3, -0.25) is 4.68 Å². The molecule has 0 unspecified atom stereocenters. The van der Waals surface area contributed by atoms with Crippen LogP contribution < -0.4 is 5.32 Å². The number of aryl methyl sites for hydroxylation is 2. The Bertz CT molecular complexity index is 773. The van der Waals surface area contributed by atoms with E-state index in [1.807, 2.05) is 6.92 Å². The molecule has 1 aliphatic rings. The average Bonchev–Trinajstić information content (AvgIpc) is 2.91. The van der Waals surface area contributed by atoms with Gasteiger partial charge in [-0.15, -0.1) is 5.10 Å². The number of alkyl halides is 3. The molecule has 5 nitrogen and oxygen atoms in total. The van der Waals surface area contributed by atoms with Crippen molar-refractivity contribution in [2.75, 3.05) is 0 Å². The minimum Gasteiger partial charge on any atom is -0.385 e. The fourth-order valence-electron chi connectivity index (χ4n) is 3.61. The maximum absolute atomic E-state index is 13.0. The SMILES string of the molecule is Cc1cc([C@@]2(O)C[C@@H](c3cn(C)nn3)N[C@@H](C)C2)ccc1C(F)(F)F. The predicted octanol–water partition coefficient (Wildman–Crippen LogP) is 2.84. The molecule has 0 saturated carbocycles. The summed E-state index contributed by atoms with van der Waals surface area (Å²) in [7, 11) is 1.76. The Labute approximate surface area is 143 Å². The van der Waals surface area contributed by atoms with Crippen LogP contribution in [0.2, 0.25) is 0 Å². The maximum atomic E-state index is 13.0. The van der Waals surface area contributed by atoms with Gasteiger partial charge in [0, 0.05) is 25.7 Å². The van der Waals surface area contributed by atoms with Gasteiger partial charge in [-0.05, 0) is 37.5 Å². The van der Waals surface area contributed by atoms with Gasteiger partial charge >= 0.3 is 6.18 Å². The lowest BCUT2D eigenvalue weighted by Crippen LogP contribution is -2.47. The molecule has 1 aliphatic heterocycles. The molecule has 25 heavy (non-hydrogen) atoms. The zero-order valence-corrected chi connectivity index (χ0v) is 14.3. The highest BCUT2D eigenvalue weighted by Crippen LogP contribution is 2.41. The molecule has 2 aromatic rings. The first kappa shape index (κ1) is 17.9. The van der Waals surface area contributed by atoms with Crippen molar-refractivity contribution >= 4 is 0 Å². The summed E-state index contributed by atoms with van der Waals surface area (Å²) in [6.07, 6.45) is -1.89. The first-order chi connectivity index (χ1) is 11.6. The largest absolute Gasteiger partial charge is 0.416 e. The number of hydrogen-bond acceptors (Lipinski definition) is 4. The Morgan fingerprint density at radius 3 is 2.60 bits per heavy atom. The minimum atomic E-state index is -4.39. The standard InChI is InChI=1S/C17H21F3N4O/c1-10-6-12(4-5-13(10)17(18,19)20)16(25)7-11(2)21-14(8-16)15-9-24(3)23-22-15/h4-6,9,11,14,21,25H,7-8H2,1-3H3/t11-,14-,16-/m0/s1. The van der Waals surface area contributed by atoms with Crippen LogP contribution in [0.3, 0.4) is 0 Å². The van der Waals surface area contributed by atoms with Gasteiger partial charge in [0.15, 0.2) is 0 Å². The van der Waals surface area contributed by atoms with E-state index in [-0.39, 0.29) is 17.6 Å². The second-order valence-corrected chi connectivity index (χ2v) is 6.90. The monoisotopic (exact) mass is 354 g/mol. The van der Waals surface area contributed by atoms with E-state index < -0.39 is 17.3 Å². The van der Waals surface area contributed by atoms with Gasteiger partial charge in [0.05, 0.1) is 22.9 Å². The molecule has 1 aromatic heterocycles. The Morgan fingerprint density at radius 1 is 1.32 bits per heavy atom. The summed E-state index contributed by atoms with van der Waals surface area (Å²) in [6, 6.07) is 3.63. The van der Waals surface area contributed by atoms with Crippen LogP contribution >= 0.6 is 0 Å². The van der Waals surface area contributed by atoms with Crippen molar-refractivity contribution < 1.29 is 18.3 Å². The number of nitrogens with one attached hydrogen (secondary N) is 1. The molecule has 1 fully saturated rings. The smallest absolute Gasteiger partial charge is 0.385 e. The summed E-state index contributed by atoms with van der Waals surface area (Å²) in [5.74, 6) is 0. The van der Waals surface area contributed by atoms with Crippen LogP contribution in [0, 0.1) is 6.92 Å². The van der Waals surface area contributed by atoms with E-state index >= 15 is 0 Å². The summed E-state index contributed by atoms with van der Waals surface area (Å²) >= 11 is 0. The van der Waals surface area contributed by atoms with Crippen molar-refractivity contribution in [2.45, 2.75) is 50.6 Å². The lowest BCUT2D eigenvalue weighted by molar-refractivity contribution is -0.138. The van der Waals surface area contributed by atoms with Crippen LogP contribution in [0.1, 0.15) is 48.2 Å². The second kappa shape index (κ2) is 6.10. The van der Waals surface area contributed by atoms with E-state index in [2.05, 4.69) is 15.6 Å². The molecule has 0 spiro atoms. The van der Waals surface area contributed by atoms with Gasteiger partial charge in [-0.1, -0.05) is 17.3 Å². The third kappa shape index (κ3) is 3.55. The summed E-state index contributed by atoms with van der Waals surface area (Å²) < 4.78 is 40.5. The zero-order valence-electron chi connectivity index (χ0n) is 14.3. The number of hydrogen-bond donors (Lipinski definition) is 2. The van der Waals surface area contributed by atoms with Crippen LogP contribution in [0.5, 0.6) is 0 Å². The van der Waals surface area contributed by atoms with Crippen LogP contribution in [-0.2, 0) is 18.8 Å². The molecule has 2 N–H and O–H groups in total. The van der Waals surface area contributed by atoms with Crippen LogP contribution in [0.15, 0.2) is 24.4 Å². The fourth-order valence-corrected chi connectivity index (χ4v) is 3.61. The van der Waals surface area contributed by atoms with E-state index in [1.54, 1.807) is 17.9 Å². The predicted molar refractivity (Wildman–Crippen MR) is 85.7 cm³/mol. The number of nitrogens with zero attached hydrogens (tertiary/aromatic N) is 3. The quantitative estimate of drug-likeness (QED) is 0.871. The highest BCUT2D eigenvalue weighted by atomic mass is 19.4. The second-order valence-electron chi connectivity index (χ2n) is 6.90. The van der Waals surface area contributed by atoms with Crippen molar-refractivity contribution in [3.8, 4) is 0 Å². The highest BCUT2D eigenvalue weighted by molar-refractivity contribution is 5.36. The van der Waals surface area contributed by atoms with E-state index in [1.165, 1.54) is 19.1 Å². The number of benzene rings is 1. The highest BCUT2D eigenvalue weighted by Gasteiger charge is 2.41. The third-order valence-electron chi connectivity index (χ3n) is 4.72. The first-order valence-electron chi connectivity index (χ1n) is 8.11. The van der Waals surface area contributed by atoms with Gasteiger partial charge in [0.1, 0.15) is 0 Å². The van der Waals surface area contributed by atoms with E-state index in [9.17, 15) is 18.3 Å². The lowest BCUT2D eigenvalue weighted by atomic mass is 9.77. The van der Waals surface area contributed by atoms with Crippen molar-refractivity contribution in [1.82, 2.24) is 20.3 Å². The molecule has 0 radical (unpaired) electrons. The first-order valence-corrected chi connectivity index (χ1v) is 8.11. The summed E-state index contributed by atoms with van der Waals surface area (Å²) in [5, 5.41) is 22.6. The molecular weight excluding hydrogens is 333 g/mol. The Balaban J connectivity index is 1.93. The van der Waals surface area contributed by atoms with E-state index in [0.29, 0.717) is 24.1 Å². The number of halogens is 3. The van der Waals surface area contributed by atoms with E-state index in [0.717, 1.165) is 6.07 Å². The van der Waals surface area contributed by atoms with Crippen LogP contribution in [0.25, 0.3) is 0 Å². The lowest BCUT2D eigenvalue weighted by Gasteiger charge is -2.41. The fraction of sp³-hybridized carbons (Fsp3) is 0.529. The molecule has 3 atom stereocenters. The summed E-state index contributed by atoms with van der Waals surface area (Å²) in [6.45, 7) is 3.35. The maximum Gasteiger partial charge on any atom is 0.416 e. The molecule has 8 heteroatoms. The van der Waals surface area contributed by atoms with Gasteiger partial charge in [0.25, 0.3) is 0 Å². The normalized spacial score (nSPS) is 27.5. The van der Waals surface area contributed by atoms with Crippen LogP contribution in [0.4, 0.5) is 13.2 Å². The van der Waals surface area contributed by atoms with Crippen molar-refractivity contribution in [1.29, 1.82) is 0 Å². The Hall–Kier alpha value is -1.93. The molecule has 3 rings (SSSR count). The molecule has 0 amide bonds. The van der Waals surface area contributed by atoms with Crippen molar-refractivity contribution in [3.05, 3.63) is 46.8 Å². The van der Waals surface area contributed by atoms with Crippen LogP contribution in [-0.4, -0.2) is 26.1 Å². The van der Waals surface area contributed by atoms with E-state index in [4.69, 9.17) is 0 Å². The summed E-state index contributed by atoms with van der Waals surface area (Å²) in [5.41, 5.74) is -0.578. The zero-order chi connectivity index (χ0) is 18.4. The van der Waals surface area contributed by atoms with Gasteiger partial charge in [-0.25, -0.2) is 0 Å². The topological polar surface area (TPSA) is 63.0 Å². The third-order valence-corrected chi connectivity index (χ3v) is 4.72. The van der Waals surface area contributed by atoms with Gasteiger partial charge < -0.3 is 10.4 Å². The van der Waals surface area contributed by atoms with Gasteiger partial charge in [-0.2, -0.15) is 13.2 Å². The van der Waals surface area contributed by atoms with Crippen molar-refractivity contribution in [3.63, 3.8) is 0 Å². The average molecular weight is 354 g/mol. The summed E-state index contributed by atoms with van der Waals surface area (Å²) in [4.78, 5) is 0. The Morgan fingerprint density at radius 2 is 2.04 bits per heavy atom. The molecule has 136 valence electrons. The molecule has 0 aliphatic carbocycles. The molecule has 2 heterocycles. The minimum absolute atomic E-state index is 0.0200. The number of rotatable bonds is 2.